The van der Waals surface area contributed by atoms with E-state index in [2.05, 4.69) is 9.72 Å². The molecule has 1 aromatic rings. The maximum Gasteiger partial charge on any atom is 0.425 e. The fraction of sp³-hybridized carbons (Fsp3) is 0.333. The summed E-state index contributed by atoms with van der Waals surface area (Å²) in [7, 11) is 0. The number of ether oxygens (including phenoxy) is 1. The molecule has 1 amide bonds. The summed E-state index contributed by atoms with van der Waals surface area (Å²) in [6, 6.07) is 1.10. The molecule has 1 rings (SSSR count). The van der Waals surface area contributed by atoms with E-state index in [4.69, 9.17) is 11.5 Å². The van der Waals surface area contributed by atoms with Gasteiger partial charge in [0.2, 0.25) is 5.88 Å². The van der Waals surface area contributed by atoms with Gasteiger partial charge in [-0.2, -0.15) is 13.2 Å². The van der Waals surface area contributed by atoms with E-state index in [1.54, 1.807) is 0 Å². The van der Waals surface area contributed by atoms with Crippen molar-refractivity contribution >= 4 is 11.6 Å². The van der Waals surface area contributed by atoms with E-state index in [-0.39, 0.29) is 11.3 Å². The third-order valence-electron chi connectivity index (χ3n) is 1.89. The highest BCUT2D eigenvalue weighted by atomic mass is 19.4. The maximum atomic E-state index is 12.3. The molecule has 0 aliphatic rings. The van der Waals surface area contributed by atoms with Crippen LogP contribution in [0, 0.1) is 0 Å². The number of primary amides is 1. The van der Waals surface area contributed by atoms with Crippen LogP contribution in [0.15, 0.2) is 12.3 Å². The molecule has 0 spiro atoms. The molecular weight excluding hydrogens is 239 g/mol. The van der Waals surface area contributed by atoms with Crippen LogP contribution >= 0.6 is 0 Å². The second-order valence-electron chi connectivity index (χ2n) is 3.29. The number of nitrogen functional groups attached to an aromatic ring is 1. The number of hydrogen-bond acceptors (Lipinski definition) is 4. The molecule has 0 aliphatic carbocycles. The normalized spacial score (nSPS) is 13.2. The summed E-state index contributed by atoms with van der Waals surface area (Å²) in [6.45, 7) is 0.794. The molecule has 0 saturated heterocycles. The zero-order chi connectivity index (χ0) is 13.2. The number of anilines is 1. The molecule has 0 fully saturated rings. The molecule has 1 unspecified atom stereocenters. The van der Waals surface area contributed by atoms with Gasteiger partial charge in [0.05, 0.1) is 11.9 Å². The van der Waals surface area contributed by atoms with E-state index in [9.17, 15) is 18.0 Å². The van der Waals surface area contributed by atoms with Crippen LogP contribution in [0.1, 0.15) is 17.3 Å². The Balaban J connectivity index is 3.03. The van der Waals surface area contributed by atoms with Crippen molar-refractivity contribution in [1.82, 2.24) is 4.98 Å². The first-order chi connectivity index (χ1) is 7.71. The van der Waals surface area contributed by atoms with Gasteiger partial charge < -0.3 is 16.2 Å². The van der Waals surface area contributed by atoms with Crippen molar-refractivity contribution < 1.29 is 22.7 Å². The fourth-order valence-electron chi connectivity index (χ4n) is 0.973. The Morgan fingerprint density at radius 2 is 2.12 bits per heavy atom. The molecule has 1 atom stereocenters. The quantitative estimate of drug-likeness (QED) is 0.838. The van der Waals surface area contributed by atoms with Gasteiger partial charge in [-0.15, -0.1) is 0 Å². The first-order valence-electron chi connectivity index (χ1n) is 4.50. The maximum absolute atomic E-state index is 12.3. The minimum atomic E-state index is -4.56. The molecule has 0 aliphatic heterocycles. The highest BCUT2D eigenvalue weighted by molar-refractivity contribution is 5.95. The van der Waals surface area contributed by atoms with Crippen molar-refractivity contribution in [3.05, 3.63) is 17.8 Å². The van der Waals surface area contributed by atoms with Crippen molar-refractivity contribution in [2.75, 3.05) is 5.73 Å². The summed E-state index contributed by atoms with van der Waals surface area (Å²) >= 11 is 0. The molecule has 8 heteroatoms. The van der Waals surface area contributed by atoms with Crippen LogP contribution in [0.25, 0.3) is 0 Å². The first-order valence-corrected chi connectivity index (χ1v) is 4.50. The third kappa shape index (κ3) is 3.23. The predicted molar refractivity (Wildman–Crippen MR) is 53.3 cm³/mol. The topological polar surface area (TPSA) is 91.2 Å². The summed E-state index contributed by atoms with van der Waals surface area (Å²) < 4.78 is 41.3. The van der Waals surface area contributed by atoms with Gasteiger partial charge in [0, 0.05) is 0 Å². The Morgan fingerprint density at radius 3 is 2.59 bits per heavy atom. The number of carbonyl (C=O) groups excluding carboxylic acids is 1. The Bertz CT molecular complexity index is 434. The van der Waals surface area contributed by atoms with Gasteiger partial charge in [-0.05, 0) is 13.0 Å². The van der Waals surface area contributed by atoms with Crippen LogP contribution in [-0.4, -0.2) is 23.2 Å². The molecule has 1 aromatic heterocycles. The summed E-state index contributed by atoms with van der Waals surface area (Å²) in [5.41, 5.74) is 10.1. The number of hydrogen-bond donors (Lipinski definition) is 2. The Hall–Kier alpha value is -1.99. The summed E-state index contributed by atoms with van der Waals surface area (Å²) in [4.78, 5) is 14.5. The van der Waals surface area contributed by atoms with Crippen molar-refractivity contribution in [2.45, 2.75) is 19.2 Å². The average Bonchev–Trinajstić information content (AvgIpc) is 2.18. The minimum Gasteiger partial charge on any atom is -0.464 e. The van der Waals surface area contributed by atoms with Gasteiger partial charge in [0.1, 0.15) is 5.56 Å². The zero-order valence-electron chi connectivity index (χ0n) is 8.78. The summed E-state index contributed by atoms with van der Waals surface area (Å²) in [6.07, 6.45) is -5.58. The Labute approximate surface area is 94.6 Å². The highest BCUT2D eigenvalue weighted by Crippen LogP contribution is 2.26. The molecular formula is C9H10F3N3O2. The molecule has 5 nitrogen and oxygen atoms in total. The van der Waals surface area contributed by atoms with Crippen LogP contribution < -0.4 is 16.2 Å². The number of aromatic nitrogens is 1. The Kier molecular flexibility index (Phi) is 3.45. The van der Waals surface area contributed by atoms with Gasteiger partial charge in [0.25, 0.3) is 5.91 Å². The van der Waals surface area contributed by atoms with Crippen molar-refractivity contribution in [3.63, 3.8) is 0 Å². The molecule has 0 aromatic carbocycles. The van der Waals surface area contributed by atoms with E-state index in [0.717, 1.165) is 19.2 Å². The van der Waals surface area contributed by atoms with E-state index in [1.165, 1.54) is 0 Å². The molecule has 94 valence electrons. The highest BCUT2D eigenvalue weighted by Gasteiger charge is 2.38. The lowest BCUT2D eigenvalue weighted by atomic mass is 10.2. The number of nitrogens with zero attached hydrogens (tertiary/aromatic N) is 1. The van der Waals surface area contributed by atoms with Crippen LogP contribution in [-0.2, 0) is 0 Å². The van der Waals surface area contributed by atoms with Crippen LogP contribution in [0.4, 0.5) is 18.9 Å². The lowest BCUT2D eigenvalue weighted by molar-refractivity contribution is -0.190. The standard InChI is InChI=1S/C9H10F3N3O2/c1-4(9(10,11)12)17-8-6(7(14)16)2-5(13)3-15-8/h2-4H,13H2,1H3,(H2,14,16). The van der Waals surface area contributed by atoms with E-state index in [0.29, 0.717) is 0 Å². The lowest BCUT2D eigenvalue weighted by Crippen LogP contribution is -2.32. The van der Waals surface area contributed by atoms with Crippen LogP contribution in [0.2, 0.25) is 0 Å². The first kappa shape index (κ1) is 13.1. The predicted octanol–water partition coefficient (Wildman–Crippen LogP) is 1.09. The second-order valence-corrected chi connectivity index (χ2v) is 3.29. The molecule has 0 saturated carbocycles. The zero-order valence-corrected chi connectivity index (χ0v) is 8.78. The number of halogens is 3. The molecule has 0 bridgehead atoms. The second kappa shape index (κ2) is 4.48. The minimum absolute atomic E-state index is 0.103. The fourth-order valence-corrected chi connectivity index (χ4v) is 0.973. The monoisotopic (exact) mass is 249 g/mol. The van der Waals surface area contributed by atoms with Crippen molar-refractivity contribution in [2.24, 2.45) is 5.73 Å². The average molecular weight is 249 g/mol. The van der Waals surface area contributed by atoms with E-state index >= 15 is 0 Å². The van der Waals surface area contributed by atoms with Gasteiger partial charge in [-0.1, -0.05) is 0 Å². The number of carbonyl (C=O) groups is 1. The summed E-state index contributed by atoms with van der Waals surface area (Å²) in [5.74, 6) is -1.45. The Morgan fingerprint density at radius 1 is 1.53 bits per heavy atom. The van der Waals surface area contributed by atoms with Gasteiger partial charge in [-0.25, -0.2) is 4.98 Å². The number of rotatable bonds is 3. The van der Waals surface area contributed by atoms with Gasteiger partial charge in [-0.3, -0.25) is 4.79 Å². The van der Waals surface area contributed by atoms with Gasteiger partial charge >= 0.3 is 6.18 Å². The summed E-state index contributed by atoms with van der Waals surface area (Å²) in [5, 5.41) is 0. The largest absolute Gasteiger partial charge is 0.464 e. The number of amides is 1. The van der Waals surface area contributed by atoms with E-state index in [1.807, 2.05) is 0 Å². The number of alkyl halides is 3. The lowest BCUT2D eigenvalue weighted by Gasteiger charge is -2.18. The third-order valence-corrected chi connectivity index (χ3v) is 1.89. The van der Waals surface area contributed by atoms with Crippen molar-refractivity contribution in [1.29, 1.82) is 0 Å². The molecule has 1 heterocycles. The van der Waals surface area contributed by atoms with Crippen LogP contribution in [0.5, 0.6) is 5.88 Å². The molecule has 4 N–H and O–H groups in total. The smallest absolute Gasteiger partial charge is 0.425 e. The van der Waals surface area contributed by atoms with E-state index < -0.39 is 24.1 Å². The molecule has 17 heavy (non-hydrogen) atoms. The van der Waals surface area contributed by atoms with Gasteiger partial charge in [0.15, 0.2) is 6.10 Å². The number of nitrogens with two attached hydrogens (primary N) is 2. The van der Waals surface area contributed by atoms with Crippen molar-refractivity contribution in [3.8, 4) is 5.88 Å². The SMILES string of the molecule is CC(Oc1ncc(N)cc1C(N)=O)C(F)(F)F. The molecule has 0 radical (unpaired) electrons. The van der Waals surface area contributed by atoms with Crippen LogP contribution in [0.3, 0.4) is 0 Å². The number of pyridine rings is 1.